The van der Waals surface area contributed by atoms with Gasteiger partial charge in [0.25, 0.3) is 0 Å². The quantitative estimate of drug-likeness (QED) is 0.843. The summed E-state index contributed by atoms with van der Waals surface area (Å²) in [6.07, 6.45) is 5.50. The van der Waals surface area contributed by atoms with Crippen molar-refractivity contribution in [2.45, 2.75) is 31.5 Å². The van der Waals surface area contributed by atoms with Crippen molar-refractivity contribution in [1.29, 1.82) is 0 Å². The van der Waals surface area contributed by atoms with Gasteiger partial charge in [-0.1, -0.05) is 11.8 Å². The van der Waals surface area contributed by atoms with E-state index < -0.39 is 0 Å². The van der Waals surface area contributed by atoms with Crippen molar-refractivity contribution in [3.63, 3.8) is 0 Å². The number of carbonyl (C=O) groups excluding carboxylic acids is 2. The molecule has 0 aliphatic carbocycles. The van der Waals surface area contributed by atoms with Crippen LogP contribution in [-0.2, 0) is 23.2 Å². The van der Waals surface area contributed by atoms with Gasteiger partial charge in [0.1, 0.15) is 0 Å². The van der Waals surface area contributed by atoms with Crippen LogP contribution in [0.25, 0.3) is 0 Å². The Labute approximate surface area is 129 Å². The van der Waals surface area contributed by atoms with Gasteiger partial charge >= 0.3 is 0 Å². The van der Waals surface area contributed by atoms with Crippen LogP contribution in [0.5, 0.6) is 0 Å². The molecule has 116 valence electrons. The minimum atomic E-state index is -0.101. The second kappa shape index (κ2) is 6.98. The van der Waals surface area contributed by atoms with Gasteiger partial charge in [-0.15, -0.1) is 0 Å². The van der Waals surface area contributed by atoms with Gasteiger partial charge in [0.15, 0.2) is 5.16 Å². The Morgan fingerprint density at radius 2 is 2.29 bits per heavy atom. The molecule has 1 aromatic heterocycles. The molecule has 1 atom stereocenters. The van der Waals surface area contributed by atoms with Crippen molar-refractivity contribution < 1.29 is 9.59 Å². The Kier molecular flexibility index (Phi) is 5.27. The van der Waals surface area contributed by atoms with Gasteiger partial charge in [-0.2, -0.15) is 0 Å². The first kappa shape index (κ1) is 15.9. The van der Waals surface area contributed by atoms with Crippen LogP contribution in [0.1, 0.15) is 25.5 Å². The van der Waals surface area contributed by atoms with Crippen LogP contribution in [0.3, 0.4) is 0 Å². The van der Waals surface area contributed by atoms with Gasteiger partial charge in [-0.25, -0.2) is 4.98 Å². The third kappa shape index (κ3) is 3.78. The highest BCUT2D eigenvalue weighted by Crippen LogP contribution is 2.17. The van der Waals surface area contributed by atoms with Gasteiger partial charge in [-0.3, -0.25) is 9.59 Å². The zero-order chi connectivity index (χ0) is 15.4. The van der Waals surface area contributed by atoms with Crippen molar-refractivity contribution in [2.24, 2.45) is 13.0 Å². The van der Waals surface area contributed by atoms with E-state index in [1.165, 1.54) is 0 Å². The van der Waals surface area contributed by atoms with E-state index in [1.54, 1.807) is 29.8 Å². The summed E-state index contributed by atoms with van der Waals surface area (Å²) in [5, 5.41) is 3.89. The largest absolute Gasteiger partial charge is 0.350 e. The monoisotopic (exact) mass is 310 g/mol. The Balaban J connectivity index is 1.89. The Hall–Kier alpha value is -1.50. The molecule has 0 radical (unpaired) electrons. The minimum Gasteiger partial charge on any atom is -0.350 e. The maximum atomic E-state index is 12.2. The molecule has 0 spiro atoms. The Morgan fingerprint density at radius 3 is 2.90 bits per heavy atom. The van der Waals surface area contributed by atoms with Crippen LogP contribution in [0.15, 0.2) is 11.4 Å². The highest BCUT2D eigenvalue weighted by Gasteiger charge is 2.26. The minimum absolute atomic E-state index is 0.0212. The lowest BCUT2D eigenvalue weighted by Gasteiger charge is -2.31. The summed E-state index contributed by atoms with van der Waals surface area (Å²) in [7, 11) is 1.94. The third-order valence-corrected chi connectivity index (χ3v) is 4.65. The molecule has 6 nitrogen and oxygen atoms in total. The van der Waals surface area contributed by atoms with Crippen LogP contribution in [0, 0.1) is 5.92 Å². The number of nitrogens with one attached hydrogen (secondary N) is 1. The molecular formula is C14H22N4O2S. The van der Waals surface area contributed by atoms with Crippen LogP contribution in [0.2, 0.25) is 0 Å². The lowest BCUT2D eigenvalue weighted by atomic mass is 9.97. The normalized spacial score (nSPS) is 18.6. The zero-order valence-electron chi connectivity index (χ0n) is 12.8. The fourth-order valence-corrected chi connectivity index (χ4v) is 3.13. The Morgan fingerprint density at radius 1 is 1.52 bits per heavy atom. The second-order valence-corrected chi connectivity index (χ2v) is 6.09. The van der Waals surface area contributed by atoms with E-state index in [4.69, 9.17) is 0 Å². The molecule has 21 heavy (non-hydrogen) atoms. The van der Waals surface area contributed by atoms with Crippen molar-refractivity contribution in [2.75, 3.05) is 19.3 Å². The number of piperidine rings is 1. The van der Waals surface area contributed by atoms with Gasteiger partial charge in [0.2, 0.25) is 11.8 Å². The molecule has 7 heteroatoms. The van der Waals surface area contributed by atoms with E-state index in [-0.39, 0.29) is 17.7 Å². The van der Waals surface area contributed by atoms with E-state index in [0.29, 0.717) is 13.1 Å². The van der Waals surface area contributed by atoms with Gasteiger partial charge in [0.05, 0.1) is 24.4 Å². The highest BCUT2D eigenvalue weighted by molar-refractivity contribution is 7.98. The van der Waals surface area contributed by atoms with Crippen molar-refractivity contribution in [1.82, 2.24) is 19.8 Å². The number of thioether (sulfide) groups is 1. The molecule has 1 saturated heterocycles. The van der Waals surface area contributed by atoms with Gasteiger partial charge in [-0.05, 0) is 19.1 Å². The molecule has 2 amide bonds. The molecule has 2 rings (SSSR count). The average Bonchev–Trinajstić information content (AvgIpc) is 2.85. The summed E-state index contributed by atoms with van der Waals surface area (Å²) in [4.78, 5) is 29.7. The molecule has 0 bridgehead atoms. The summed E-state index contributed by atoms with van der Waals surface area (Å²) in [5.41, 5.74) is 0.979. The number of hydrogen-bond donors (Lipinski definition) is 1. The fraction of sp³-hybridized carbons (Fsp3) is 0.643. The van der Waals surface area contributed by atoms with Gasteiger partial charge < -0.3 is 14.8 Å². The molecule has 1 unspecified atom stereocenters. The highest BCUT2D eigenvalue weighted by atomic mass is 32.2. The number of aromatic nitrogens is 2. The maximum absolute atomic E-state index is 12.2. The first-order chi connectivity index (χ1) is 10.0. The molecule has 1 aliphatic heterocycles. The van der Waals surface area contributed by atoms with Crippen molar-refractivity contribution >= 4 is 23.6 Å². The SMILES string of the molecule is CSc1ncc(CNC(=O)C2CCCN(C(C)=O)C2)n1C. The van der Waals surface area contributed by atoms with E-state index >= 15 is 0 Å². The number of nitrogens with zero attached hydrogens (tertiary/aromatic N) is 3. The lowest BCUT2D eigenvalue weighted by molar-refractivity contribution is -0.134. The van der Waals surface area contributed by atoms with E-state index in [0.717, 1.165) is 30.2 Å². The van der Waals surface area contributed by atoms with Crippen molar-refractivity contribution in [3.05, 3.63) is 11.9 Å². The smallest absolute Gasteiger partial charge is 0.225 e. The fourth-order valence-electron chi connectivity index (χ4n) is 2.58. The number of rotatable bonds is 4. The number of hydrogen-bond acceptors (Lipinski definition) is 4. The predicted molar refractivity (Wildman–Crippen MR) is 81.8 cm³/mol. The predicted octanol–water partition coefficient (Wildman–Crippen LogP) is 1.02. The molecule has 0 saturated carbocycles. The molecule has 2 heterocycles. The summed E-state index contributed by atoms with van der Waals surface area (Å²) < 4.78 is 1.98. The van der Waals surface area contributed by atoms with E-state index in [1.807, 2.05) is 17.9 Å². The molecule has 1 aromatic rings. The molecule has 1 N–H and O–H groups in total. The standard InChI is InChI=1S/C14H22N4O2S/c1-10(19)18-6-4-5-11(9-18)13(20)15-7-12-8-16-14(21-3)17(12)2/h8,11H,4-7,9H2,1-3H3,(H,15,20). The van der Waals surface area contributed by atoms with Crippen LogP contribution in [-0.4, -0.2) is 45.6 Å². The first-order valence-electron chi connectivity index (χ1n) is 7.10. The number of imidazole rings is 1. The van der Waals surface area contributed by atoms with Gasteiger partial charge in [0, 0.05) is 27.1 Å². The summed E-state index contributed by atoms with van der Waals surface area (Å²) in [6.45, 7) is 3.32. The number of carbonyl (C=O) groups is 2. The Bertz CT molecular complexity index is 529. The summed E-state index contributed by atoms with van der Waals surface area (Å²) >= 11 is 1.58. The summed E-state index contributed by atoms with van der Waals surface area (Å²) in [5.74, 6) is -0.0347. The lowest BCUT2D eigenvalue weighted by Crippen LogP contribution is -2.44. The first-order valence-corrected chi connectivity index (χ1v) is 8.33. The van der Waals surface area contributed by atoms with E-state index in [2.05, 4.69) is 10.3 Å². The zero-order valence-corrected chi connectivity index (χ0v) is 13.6. The summed E-state index contributed by atoms with van der Waals surface area (Å²) in [6, 6.07) is 0. The second-order valence-electron chi connectivity index (χ2n) is 5.32. The van der Waals surface area contributed by atoms with Crippen molar-refractivity contribution in [3.8, 4) is 0 Å². The maximum Gasteiger partial charge on any atom is 0.225 e. The molecule has 1 aliphatic rings. The third-order valence-electron chi connectivity index (χ3n) is 3.91. The molecular weight excluding hydrogens is 288 g/mol. The topological polar surface area (TPSA) is 67.2 Å². The van der Waals surface area contributed by atoms with E-state index in [9.17, 15) is 9.59 Å². The van der Waals surface area contributed by atoms with Crippen LogP contribution < -0.4 is 5.32 Å². The molecule has 0 aromatic carbocycles. The molecule has 1 fully saturated rings. The van der Waals surface area contributed by atoms with Crippen LogP contribution >= 0.6 is 11.8 Å². The average molecular weight is 310 g/mol. The number of likely N-dealkylation sites (tertiary alicyclic amines) is 1. The van der Waals surface area contributed by atoms with Crippen LogP contribution in [0.4, 0.5) is 0 Å². The number of amides is 2.